The van der Waals surface area contributed by atoms with Gasteiger partial charge in [-0.15, -0.1) is 0 Å². The summed E-state index contributed by atoms with van der Waals surface area (Å²) in [5.74, 6) is -60.6. The van der Waals surface area contributed by atoms with Crippen LogP contribution in [0.3, 0.4) is 0 Å². The molecule has 0 aromatic carbocycles. The van der Waals surface area contributed by atoms with Crippen LogP contribution in [0.25, 0.3) is 0 Å². The van der Waals surface area contributed by atoms with Crippen LogP contribution in [0.5, 0.6) is 0 Å². The Hall–Kier alpha value is 0.146. The zero-order chi connectivity index (χ0) is 30.0. The number of hydrogen-bond acceptors (Lipinski definition) is 3. The van der Waals surface area contributed by atoms with E-state index in [2.05, 4.69) is 0 Å². The van der Waals surface area contributed by atoms with Crippen molar-refractivity contribution in [2.75, 3.05) is 0 Å². The van der Waals surface area contributed by atoms with Crippen molar-refractivity contribution in [1.29, 1.82) is 0 Å². The molecule has 0 spiro atoms. The third-order valence-electron chi connectivity index (χ3n) is 4.14. The van der Waals surface area contributed by atoms with Gasteiger partial charge < -0.3 is 4.55 Å². The van der Waals surface area contributed by atoms with Crippen LogP contribution in [0.1, 0.15) is 12.8 Å². The Kier molecular flexibility index (Phi) is 11.2. The predicted octanol–water partition coefficient (Wildman–Crippen LogP) is 3.26. The van der Waals surface area contributed by atoms with Gasteiger partial charge in [0.05, 0.1) is 0 Å². The van der Waals surface area contributed by atoms with E-state index in [9.17, 15) is 101 Å². The molecule has 0 bridgehead atoms. The Bertz CT molecular complexity index is 910. The summed E-state index contributed by atoms with van der Waals surface area (Å²) in [6.07, 6.45) is -16.8. The van der Waals surface area contributed by atoms with Gasteiger partial charge in [-0.25, -0.2) is 12.8 Å². The van der Waals surface area contributed by atoms with Crippen LogP contribution < -0.4 is 51.4 Å². The van der Waals surface area contributed by atoms with Gasteiger partial charge in [0.2, 0.25) is 0 Å². The summed E-state index contributed by atoms with van der Waals surface area (Å²) in [6, 6.07) is 0. The van der Waals surface area contributed by atoms with Crippen molar-refractivity contribution in [3.63, 3.8) is 0 Å². The Morgan fingerprint density at radius 1 is 0.541 bits per heavy atom. The number of hydrogen-bond donors (Lipinski definition) is 0. The molecule has 37 heavy (non-hydrogen) atoms. The molecule has 0 fully saturated rings. The van der Waals surface area contributed by atoms with E-state index in [0.717, 1.165) is 0 Å². The molecular formula is C12H5F20KO3S. The minimum absolute atomic E-state index is 0. The van der Waals surface area contributed by atoms with Crippen LogP contribution in [0.2, 0.25) is 0 Å². The van der Waals surface area contributed by atoms with E-state index in [1.165, 1.54) is 0 Å². The van der Waals surface area contributed by atoms with Crippen molar-refractivity contribution >= 4 is 10.1 Å². The normalized spacial score (nSPS) is 16.9. The van der Waals surface area contributed by atoms with Gasteiger partial charge in [0.25, 0.3) is 0 Å². The maximum Gasteiger partial charge on any atom is 1.00 e. The first-order valence-electron chi connectivity index (χ1n) is 7.81. The average Bonchev–Trinajstić information content (AvgIpc) is 2.63. The average molecular weight is 648 g/mol. The van der Waals surface area contributed by atoms with Crippen LogP contribution in [-0.4, -0.2) is 72.0 Å². The van der Waals surface area contributed by atoms with E-state index in [-0.39, 0.29) is 51.4 Å². The van der Waals surface area contributed by atoms with Crippen LogP contribution >= 0.6 is 0 Å². The molecule has 0 saturated carbocycles. The van der Waals surface area contributed by atoms with Crippen LogP contribution in [0.15, 0.2) is 0 Å². The number of halogens is 20. The molecule has 0 rings (SSSR count). The van der Waals surface area contributed by atoms with Crippen molar-refractivity contribution < 1.29 is 152 Å². The molecule has 0 amide bonds. The monoisotopic (exact) mass is 648 g/mol. The second-order valence-corrected chi connectivity index (χ2v) is 8.08. The standard InChI is InChI=1S/C12H6F20O3S.K/c13-3(1-2-4(14,15)16)5(17,18)6(19,20)7(21,22)8(23,24)9(25,26)10(27,28)11(29,30)12(31,32)36(33,34)35;/h3H,1-2H2,(H,33,34,35);/q;+1/p-1. The fourth-order valence-corrected chi connectivity index (χ4v) is 2.45. The minimum Gasteiger partial charge on any atom is -0.743 e. The molecule has 0 aromatic heterocycles. The molecule has 3 nitrogen and oxygen atoms in total. The quantitative estimate of drug-likeness (QED) is 0.197. The van der Waals surface area contributed by atoms with Gasteiger partial charge in [-0.2, -0.15) is 83.4 Å². The smallest absolute Gasteiger partial charge is 0.743 e. The first kappa shape index (κ1) is 39.3. The molecule has 0 saturated heterocycles. The molecule has 1 atom stereocenters. The van der Waals surface area contributed by atoms with E-state index in [4.69, 9.17) is 0 Å². The molecule has 218 valence electrons. The molecule has 1 unspecified atom stereocenters. The van der Waals surface area contributed by atoms with Gasteiger partial charge >= 0.3 is 104 Å². The molecule has 25 heteroatoms. The summed E-state index contributed by atoms with van der Waals surface area (Å²) < 4.78 is 291. The van der Waals surface area contributed by atoms with Gasteiger partial charge in [-0.1, -0.05) is 0 Å². The van der Waals surface area contributed by atoms with Gasteiger partial charge in [-0.05, 0) is 6.42 Å². The number of rotatable bonds is 11. The van der Waals surface area contributed by atoms with Crippen molar-refractivity contribution in [1.82, 2.24) is 0 Å². The Morgan fingerprint density at radius 3 is 1.08 bits per heavy atom. The third-order valence-corrected chi connectivity index (χ3v) is 5.03. The van der Waals surface area contributed by atoms with Crippen molar-refractivity contribution in [3.05, 3.63) is 0 Å². The van der Waals surface area contributed by atoms with Gasteiger partial charge in [0.15, 0.2) is 16.3 Å². The van der Waals surface area contributed by atoms with Gasteiger partial charge in [0.1, 0.15) is 0 Å². The molecule has 0 aliphatic heterocycles. The third kappa shape index (κ3) is 5.95. The van der Waals surface area contributed by atoms with Crippen LogP contribution in [0, 0.1) is 0 Å². The molecule has 0 aliphatic carbocycles. The van der Waals surface area contributed by atoms with Gasteiger partial charge in [0, 0.05) is 6.42 Å². The molecular weight excluding hydrogens is 643 g/mol. The Morgan fingerprint density at radius 2 is 0.811 bits per heavy atom. The van der Waals surface area contributed by atoms with Crippen molar-refractivity contribution in [2.24, 2.45) is 0 Å². The zero-order valence-electron chi connectivity index (χ0n) is 16.7. The maximum atomic E-state index is 13.5. The van der Waals surface area contributed by atoms with E-state index >= 15 is 0 Å². The molecule has 0 N–H and O–H groups in total. The summed E-state index contributed by atoms with van der Waals surface area (Å²) in [6.45, 7) is 0. The maximum absolute atomic E-state index is 13.5. The predicted molar refractivity (Wildman–Crippen MR) is 69.5 cm³/mol. The van der Waals surface area contributed by atoms with E-state index in [1.54, 1.807) is 0 Å². The zero-order valence-corrected chi connectivity index (χ0v) is 20.6. The topological polar surface area (TPSA) is 57.2 Å². The molecule has 0 aromatic rings. The molecule has 0 aliphatic rings. The Balaban J connectivity index is 0. The SMILES string of the molecule is O=S(=O)([O-])C(F)(F)C(F)(F)C(F)(F)C(F)(F)C(F)(F)C(F)(F)C(F)(F)C(F)(F)C(F)CCC(F)(F)F.[K+]. The van der Waals surface area contributed by atoms with Crippen LogP contribution in [-0.2, 0) is 10.1 Å². The van der Waals surface area contributed by atoms with Gasteiger partial charge in [-0.3, -0.25) is 0 Å². The van der Waals surface area contributed by atoms with Crippen molar-refractivity contribution in [2.45, 2.75) is 71.9 Å². The van der Waals surface area contributed by atoms with E-state index < -0.39 is 82.0 Å². The fraction of sp³-hybridized carbons (Fsp3) is 1.00. The summed E-state index contributed by atoms with van der Waals surface area (Å²) in [5, 5.41) is -8.06. The first-order valence-corrected chi connectivity index (χ1v) is 9.22. The van der Waals surface area contributed by atoms with E-state index in [0.29, 0.717) is 0 Å². The summed E-state index contributed by atoms with van der Waals surface area (Å²) in [5.41, 5.74) is 0. The first-order chi connectivity index (χ1) is 15.1. The second kappa shape index (κ2) is 10.5. The fourth-order valence-electron chi connectivity index (χ4n) is 2.01. The Labute approximate surface area is 233 Å². The summed E-state index contributed by atoms with van der Waals surface area (Å²) in [4.78, 5) is 0. The van der Waals surface area contributed by atoms with Crippen LogP contribution in [0.4, 0.5) is 87.8 Å². The van der Waals surface area contributed by atoms with Crippen molar-refractivity contribution in [3.8, 4) is 0 Å². The largest absolute Gasteiger partial charge is 1.00 e. The molecule has 0 radical (unpaired) electrons. The molecule has 0 heterocycles. The summed E-state index contributed by atoms with van der Waals surface area (Å²) >= 11 is 0. The minimum atomic E-state index is -9.08. The second-order valence-electron chi connectivity index (χ2n) is 6.66. The summed E-state index contributed by atoms with van der Waals surface area (Å²) in [7, 11) is -8.25. The number of alkyl halides is 20. The van der Waals surface area contributed by atoms with E-state index in [1.807, 2.05) is 0 Å².